The normalized spacial score (nSPS) is 9.60. The quantitative estimate of drug-likeness (QED) is 0.501. The van der Waals surface area contributed by atoms with Gasteiger partial charge in [-0.25, -0.2) is 4.79 Å². The van der Waals surface area contributed by atoms with Crippen molar-refractivity contribution >= 4 is 11.9 Å². The van der Waals surface area contributed by atoms with Crippen molar-refractivity contribution in [2.45, 2.75) is 13.8 Å². The first-order chi connectivity index (χ1) is 12.0. The fourth-order valence-corrected chi connectivity index (χ4v) is 1.55. The average Bonchev–Trinajstić information content (AvgIpc) is 2.56. The lowest BCUT2D eigenvalue weighted by Crippen LogP contribution is -2.10. The molecule has 0 unspecified atom stereocenters. The summed E-state index contributed by atoms with van der Waals surface area (Å²) in [4.78, 5) is 20.7. The Hall–Kier alpha value is -2.32. The van der Waals surface area contributed by atoms with E-state index in [0.29, 0.717) is 50.1 Å². The number of hydrogen-bond acceptors (Lipinski definition) is 7. The summed E-state index contributed by atoms with van der Waals surface area (Å²) in [6, 6.07) is 4.93. The van der Waals surface area contributed by atoms with Crippen LogP contribution in [0, 0.1) is 0 Å². The van der Waals surface area contributed by atoms with E-state index in [1.54, 1.807) is 39.3 Å². The number of methoxy groups -OCH3 is 2. The summed E-state index contributed by atoms with van der Waals surface area (Å²) in [5.41, 5.74) is 0.420. The highest BCUT2D eigenvalue weighted by molar-refractivity contribution is 5.90. The molecule has 0 saturated heterocycles. The number of aliphatic carboxylic acids is 1. The van der Waals surface area contributed by atoms with Crippen molar-refractivity contribution < 1.29 is 38.4 Å². The van der Waals surface area contributed by atoms with Crippen LogP contribution in [0.1, 0.15) is 24.2 Å². The third-order valence-corrected chi connectivity index (χ3v) is 2.54. The second-order valence-electron chi connectivity index (χ2n) is 4.58. The number of benzene rings is 1. The van der Waals surface area contributed by atoms with E-state index in [2.05, 4.69) is 0 Å². The number of esters is 1. The van der Waals surface area contributed by atoms with Gasteiger partial charge < -0.3 is 28.8 Å². The molecule has 8 nitrogen and oxygen atoms in total. The third-order valence-electron chi connectivity index (χ3n) is 2.54. The lowest BCUT2D eigenvalue weighted by atomic mass is 10.2. The number of rotatable bonds is 10. The predicted molar refractivity (Wildman–Crippen MR) is 90.5 cm³/mol. The van der Waals surface area contributed by atoms with Crippen LogP contribution in [0.15, 0.2) is 18.2 Å². The van der Waals surface area contributed by atoms with E-state index in [1.807, 2.05) is 0 Å². The van der Waals surface area contributed by atoms with E-state index in [-0.39, 0.29) is 0 Å². The van der Waals surface area contributed by atoms with Gasteiger partial charge in [0.15, 0.2) is 11.5 Å². The Morgan fingerprint density at radius 1 is 0.960 bits per heavy atom. The molecule has 0 spiro atoms. The first kappa shape index (κ1) is 22.7. The number of ether oxygens (including phenoxy) is 5. The maximum absolute atomic E-state index is 11.7. The molecule has 0 radical (unpaired) electrons. The topological polar surface area (TPSA) is 101 Å². The van der Waals surface area contributed by atoms with Gasteiger partial charge in [0, 0.05) is 21.1 Å². The lowest BCUT2D eigenvalue weighted by molar-refractivity contribution is -0.134. The van der Waals surface area contributed by atoms with Crippen molar-refractivity contribution in [3.63, 3.8) is 0 Å². The fourth-order valence-electron chi connectivity index (χ4n) is 1.55. The van der Waals surface area contributed by atoms with Crippen LogP contribution < -0.4 is 9.47 Å². The molecule has 8 heteroatoms. The van der Waals surface area contributed by atoms with Gasteiger partial charge in [0.25, 0.3) is 5.97 Å². The third kappa shape index (κ3) is 11.0. The van der Waals surface area contributed by atoms with Crippen LogP contribution in [0.2, 0.25) is 0 Å². The molecule has 0 amide bonds. The van der Waals surface area contributed by atoms with Crippen molar-refractivity contribution in [3.05, 3.63) is 23.8 Å². The maximum Gasteiger partial charge on any atom is 0.338 e. The second kappa shape index (κ2) is 14.1. The Morgan fingerprint density at radius 2 is 1.48 bits per heavy atom. The predicted octanol–water partition coefficient (Wildman–Crippen LogP) is 2.00. The Balaban J connectivity index is 0.00000129. The summed E-state index contributed by atoms with van der Waals surface area (Å²) >= 11 is 0. The molecule has 1 aromatic carbocycles. The summed E-state index contributed by atoms with van der Waals surface area (Å²) in [6.45, 7) is 4.85. The second-order valence-corrected chi connectivity index (χ2v) is 4.58. The number of carboxylic acids is 1. The van der Waals surface area contributed by atoms with Crippen molar-refractivity contribution in [3.8, 4) is 11.5 Å². The first-order valence-electron chi connectivity index (χ1n) is 7.70. The Labute approximate surface area is 147 Å². The molecule has 0 heterocycles. The molecule has 0 atom stereocenters. The van der Waals surface area contributed by atoms with Crippen LogP contribution in [-0.4, -0.2) is 64.3 Å². The molecular formula is C17H26O8. The minimum absolute atomic E-state index is 0.324. The van der Waals surface area contributed by atoms with Gasteiger partial charge in [-0.05, 0) is 25.1 Å². The van der Waals surface area contributed by atoms with Gasteiger partial charge in [0.2, 0.25) is 0 Å². The van der Waals surface area contributed by atoms with Crippen LogP contribution in [0.5, 0.6) is 11.5 Å². The van der Waals surface area contributed by atoms with Crippen LogP contribution in [0.4, 0.5) is 0 Å². The van der Waals surface area contributed by atoms with Crippen LogP contribution in [0.25, 0.3) is 0 Å². The fraction of sp³-hybridized carbons (Fsp3) is 0.529. The lowest BCUT2D eigenvalue weighted by Gasteiger charge is -2.13. The summed E-state index contributed by atoms with van der Waals surface area (Å²) < 4.78 is 26.0. The van der Waals surface area contributed by atoms with Gasteiger partial charge >= 0.3 is 5.97 Å². The largest absolute Gasteiger partial charge is 0.487 e. The minimum Gasteiger partial charge on any atom is -0.487 e. The van der Waals surface area contributed by atoms with Crippen molar-refractivity contribution in [1.82, 2.24) is 0 Å². The van der Waals surface area contributed by atoms with Gasteiger partial charge in [0.1, 0.15) is 13.2 Å². The SMILES string of the molecule is CC(=O)O.CCOC(=O)c1ccc(OCCOC)c(OCCOC)c1. The summed E-state index contributed by atoms with van der Waals surface area (Å²) in [5, 5.41) is 7.42. The van der Waals surface area contributed by atoms with Crippen LogP contribution >= 0.6 is 0 Å². The molecule has 1 N–H and O–H groups in total. The van der Waals surface area contributed by atoms with Gasteiger partial charge in [-0.2, -0.15) is 0 Å². The van der Waals surface area contributed by atoms with E-state index in [0.717, 1.165) is 6.92 Å². The molecule has 0 aliphatic carbocycles. The number of carbonyl (C=O) groups excluding carboxylic acids is 1. The number of hydrogen-bond donors (Lipinski definition) is 1. The molecule has 142 valence electrons. The molecule has 0 saturated carbocycles. The average molecular weight is 358 g/mol. The van der Waals surface area contributed by atoms with Gasteiger partial charge in [-0.1, -0.05) is 0 Å². The molecular weight excluding hydrogens is 332 g/mol. The summed E-state index contributed by atoms with van der Waals surface area (Å²) in [7, 11) is 3.19. The highest BCUT2D eigenvalue weighted by atomic mass is 16.6. The van der Waals surface area contributed by atoms with Crippen molar-refractivity contribution in [2.24, 2.45) is 0 Å². The Kier molecular flexibility index (Phi) is 12.8. The molecule has 25 heavy (non-hydrogen) atoms. The molecule has 0 aromatic heterocycles. The molecule has 0 bridgehead atoms. The maximum atomic E-state index is 11.7. The Morgan fingerprint density at radius 3 is 1.96 bits per heavy atom. The summed E-state index contributed by atoms with van der Waals surface area (Å²) in [6.07, 6.45) is 0. The summed E-state index contributed by atoms with van der Waals surface area (Å²) in [5.74, 6) is -0.192. The van der Waals surface area contributed by atoms with E-state index in [4.69, 9.17) is 33.6 Å². The highest BCUT2D eigenvalue weighted by Gasteiger charge is 2.12. The zero-order chi connectivity index (χ0) is 19.1. The van der Waals surface area contributed by atoms with Crippen LogP contribution in [0.3, 0.4) is 0 Å². The number of carboxylic acid groups (broad SMARTS) is 1. The minimum atomic E-state index is -0.833. The molecule has 0 aliphatic heterocycles. The smallest absolute Gasteiger partial charge is 0.338 e. The van der Waals surface area contributed by atoms with Gasteiger partial charge in [-0.3, -0.25) is 4.79 Å². The van der Waals surface area contributed by atoms with E-state index in [9.17, 15) is 4.79 Å². The Bertz CT molecular complexity index is 511. The molecule has 1 aromatic rings. The molecule has 0 fully saturated rings. The monoisotopic (exact) mass is 358 g/mol. The standard InChI is InChI=1S/C15H22O6.C2H4O2/c1-4-19-15(16)12-5-6-13(20-9-7-17-2)14(11-12)21-10-8-18-3;1-2(3)4/h5-6,11H,4,7-10H2,1-3H3;1H3,(H,3,4). The highest BCUT2D eigenvalue weighted by Crippen LogP contribution is 2.28. The van der Waals surface area contributed by atoms with E-state index < -0.39 is 11.9 Å². The van der Waals surface area contributed by atoms with Crippen LogP contribution in [-0.2, 0) is 19.0 Å². The van der Waals surface area contributed by atoms with Gasteiger partial charge in [-0.15, -0.1) is 0 Å². The number of carbonyl (C=O) groups is 2. The zero-order valence-corrected chi connectivity index (χ0v) is 15.1. The van der Waals surface area contributed by atoms with Crippen molar-refractivity contribution in [1.29, 1.82) is 0 Å². The molecule has 1 rings (SSSR count). The zero-order valence-electron chi connectivity index (χ0n) is 15.1. The molecule has 0 aliphatic rings. The van der Waals surface area contributed by atoms with E-state index >= 15 is 0 Å². The van der Waals surface area contributed by atoms with Crippen molar-refractivity contribution in [2.75, 3.05) is 47.3 Å². The van der Waals surface area contributed by atoms with Gasteiger partial charge in [0.05, 0.1) is 25.4 Å². The van der Waals surface area contributed by atoms with E-state index in [1.165, 1.54) is 0 Å². The first-order valence-corrected chi connectivity index (χ1v) is 7.70.